The number of carbonyl (C=O) groups excluding carboxylic acids is 3. The molecular formula is C29H24ClN3O3S. The summed E-state index contributed by atoms with van der Waals surface area (Å²) < 4.78 is 0. The maximum absolute atomic E-state index is 13.3. The Morgan fingerprint density at radius 3 is 1.97 bits per heavy atom. The lowest BCUT2D eigenvalue weighted by Gasteiger charge is -2.17. The summed E-state index contributed by atoms with van der Waals surface area (Å²) in [6, 6.07) is 30.4. The summed E-state index contributed by atoms with van der Waals surface area (Å²) >= 11 is 7.30. The van der Waals surface area contributed by atoms with E-state index in [4.69, 9.17) is 17.3 Å². The molecule has 0 saturated heterocycles. The third-order valence-electron chi connectivity index (χ3n) is 5.45. The van der Waals surface area contributed by atoms with E-state index in [0.717, 1.165) is 16.0 Å². The Labute approximate surface area is 224 Å². The molecule has 0 heterocycles. The second-order valence-corrected chi connectivity index (χ2v) is 9.83. The van der Waals surface area contributed by atoms with Crippen molar-refractivity contribution in [1.82, 2.24) is 0 Å². The molecular weight excluding hydrogens is 506 g/mol. The van der Waals surface area contributed by atoms with Crippen molar-refractivity contribution in [3.05, 3.63) is 125 Å². The van der Waals surface area contributed by atoms with Crippen LogP contribution in [0, 0.1) is 0 Å². The molecule has 1 unspecified atom stereocenters. The van der Waals surface area contributed by atoms with E-state index in [9.17, 15) is 14.4 Å². The lowest BCUT2D eigenvalue weighted by Crippen LogP contribution is -2.19. The summed E-state index contributed by atoms with van der Waals surface area (Å²) in [5.74, 6) is -0.866. The van der Waals surface area contributed by atoms with Gasteiger partial charge in [-0.1, -0.05) is 54.1 Å². The topological polar surface area (TPSA) is 101 Å². The first-order chi connectivity index (χ1) is 17.9. The minimum Gasteiger partial charge on any atom is -0.366 e. The monoisotopic (exact) mass is 529 g/mol. The first-order valence-corrected chi connectivity index (χ1v) is 12.7. The van der Waals surface area contributed by atoms with Gasteiger partial charge in [0.25, 0.3) is 0 Å². The maximum atomic E-state index is 13.3. The number of halogens is 1. The average molecular weight is 530 g/mol. The Bertz CT molecular complexity index is 1380. The molecule has 4 rings (SSSR count). The second-order valence-electron chi connectivity index (χ2n) is 8.22. The van der Waals surface area contributed by atoms with Crippen molar-refractivity contribution in [3.8, 4) is 0 Å². The number of hydrogen-bond donors (Lipinski definition) is 3. The van der Waals surface area contributed by atoms with Crippen LogP contribution in [0.25, 0.3) is 0 Å². The molecule has 8 heteroatoms. The number of thioether (sulfide) groups is 1. The van der Waals surface area contributed by atoms with Crippen molar-refractivity contribution < 1.29 is 14.4 Å². The fraction of sp³-hybridized carbons (Fsp3) is 0.0690. The summed E-state index contributed by atoms with van der Waals surface area (Å²) in [5.41, 5.74) is 8.61. The molecule has 37 heavy (non-hydrogen) atoms. The van der Waals surface area contributed by atoms with E-state index < -0.39 is 11.2 Å². The van der Waals surface area contributed by atoms with E-state index in [1.807, 2.05) is 66.7 Å². The van der Waals surface area contributed by atoms with Gasteiger partial charge in [-0.05, 0) is 71.8 Å². The van der Waals surface area contributed by atoms with Crippen molar-refractivity contribution in [3.63, 3.8) is 0 Å². The summed E-state index contributed by atoms with van der Waals surface area (Å²) in [7, 11) is 0. The van der Waals surface area contributed by atoms with Crippen LogP contribution in [0.3, 0.4) is 0 Å². The predicted molar refractivity (Wildman–Crippen MR) is 149 cm³/mol. The quantitative estimate of drug-likeness (QED) is 0.228. The van der Waals surface area contributed by atoms with Gasteiger partial charge in [0, 0.05) is 26.9 Å². The molecule has 0 aromatic heterocycles. The van der Waals surface area contributed by atoms with Crippen molar-refractivity contribution in [2.24, 2.45) is 5.73 Å². The molecule has 6 nitrogen and oxygen atoms in total. The molecule has 0 aliphatic rings. The van der Waals surface area contributed by atoms with Crippen molar-refractivity contribution in [2.45, 2.75) is 16.6 Å². The van der Waals surface area contributed by atoms with Gasteiger partial charge in [0.05, 0.1) is 6.42 Å². The molecule has 186 valence electrons. The van der Waals surface area contributed by atoms with Crippen LogP contribution in [0.5, 0.6) is 0 Å². The number of primary amides is 1. The van der Waals surface area contributed by atoms with Gasteiger partial charge in [0.1, 0.15) is 5.25 Å². The van der Waals surface area contributed by atoms with Gasteiger partial charge in [-0.15, -0.1) is 11.8 Å². The highest BCUT2D eigenvalue weighted by atomic mass is 35.5. The Kier molecular flexibility index (Phi) is 8.61. The van der Waals surface area contributed by atoms with Crippen molar-refractivity contribution in [2.75, 3.05) is 10.6 Å². The number of amides is 3. The molecule has 0 aliphatic heterocycles. The van der Waals surface area contributed by atoms with Gasteiger partial charge in [-0.3, -0.25) is 14.4 Å². The number of nitrogens with two attached hydrogens (primary N) is 1. The van der Waals surface area contributed by atoms with Gasteiger partial charge in [0.2, 0.25) is 17.7 Å². The van der Waals surface area contributed by atoms with Crippen LogP contribution in [-0.4, -0.2) is 17.7 Å². The fourth-order valence-electron chi connectivity index (χ4n) is 3.57. The highest BCUT2D eigenvalue weighted by Gasteiger charge is 2.22. The van der Waals surface area contributed by atoms with Crippen LogP contribution in [0.4, 0.5) is 11.4 Å². The van der Waals surface area contributed by atoms with E-state index >= 15 is 0 Å². The third-order valence-corrected chi connectivity index (χ3v) is 6.97. The summed E-state index contributed by atoms with van der Waals surface area (Å²) in [6.45, 7) is 0. The van der Waals surface area contributed by atoms with Crippen molar-refractivity contribution >= 4 is 52.5 Å². The number of rotatable bonds is 9. The minimum absolute atomic E-state index is 0.133. The van der Waals surface area contributed by atoms with Crippen LogP contribution >= 0.6 is 23.4 Å². The first-order valence-electron chi connectivity index (χ1n) is 11.4. The molecule has 1 atom stereocenters. The SMILES string of the molecule is NC(=O)c1ccc(NC(=O)C(Sc2ccc(NC(=O)Cc3ccc(Cl)cc3)cc2)c2ccccc2)cc1. The minimum atomic E-state index is -0.528. The Balaban J connectivity index is 1.43. The van der Waals surface area contributed by atoms with Crippen LogP contribution in [0.15, 0.2) is 108 Å². The van der Waals surface area contributed by atoms with E-state index in [1.54, 1.807) is 36.4 Å². The molecule has 0 fully saturated rings. The zero-order valence-electron chi connectivity index (χ0n) is 19.7. The third kappa shape index (κ3) is 7.46. The van der Waals surface area contributed by atoms with Gasteiger partial charge in [-0.25, -0.2) is 0 Å². The predicted octanol–water partition coefficient (Wildman–Crippen LogP) is 6.09. The first kappa shape index (κ1) is 26.0. The van der Waals surface area contributed by atoms with Crippen LogP contribution in [0.2, 0.25) is 5.02 Å². The Hall–Kier alpha value is -4.07. The van der Waals surface area contributed by atoms with Gasteiger partial charge in [-0.2, -0.15) is 0 Å². The molecule has 0 saturated carbocycles. The molecule has 0 spiro atoms. The van der Waals surface area contributed by atoms with Crippen LogP contribution in [0.1, 0.15) is 26.7 Å². The number of anilines is 2. The second kappa shape index (κ2) is 12.3. The average Bonchev–Trinajstić information content (AvgIpc) is 2.90. The molecule has 4 aromatic carbocycles. The van der Waals surface area contributed by atoms with E-state index in [-0.39, 0.29) is 18.2 Å². The highest BCUT2D eigenvalue weighted by molar-refractivity contribution is 8.00. The Morgan fingerprint density at radius 1 is 0.757 bits per heavy atom. The fourth-order valence-corrected chi connectivity index (χ4v) is 4.72. The zero-order chi connectivity index (χ0) is 26.2. The number of nitrogens with one attached hydrogen (secondary N) is 2. The van der Waals surface area contributed by atoms with Crippen LogP contribution in [-0.2, 0) is 16.0 Å². The lowest BCUT2D eigenvalue weighted by atomic mass is 10.1. The number of hydrogen-bond acceptors (Lipinski definition) is 4. The number of carbonyl (C=O) groups is 3. The zero-order valence-corrected chi connectivity index (χ0v) is 21.3. The van der Waals surface area contributed by atoms with E-state index in [0.29, 0.717) is 22.0 Å². The summed E-state index contributed by atoms with van der Waals surface area (Å²) in [6.07, 6.45) is 0.240. The summed E-state index contributed by atoms with van der Waals surface area (Å²) in [5, 5.41) is 5.91. The van der Waals surface area contributed by atoms with Gasteiger partial charge < -0.3 is 16.4 Å². The highest BCUT2D eigenvalue weighted by Crippen LogP contribution is 2.36. The molecule has 4 aromatic rings. The Morgan fingerprint density at radius 2 is 1.35 bits per heavy atom. The standard InChI is InChI=1S/C29H24ClN3O3S/c30-22-10-6-19(7-11-22)18-26(34)32-23-14-16-25(17-15-23)37-27(20-4-2-1-3-5-20)29(36)33-24-12-8-21(9-13-24)28(31)35/h1-17,27H,18H2,(H2,31,35)(H,32,34)(H,33,36). The van der Waals surface area contributed by atoms with E-state index in [1.165, 1.54) is 11.8 Å². The normalized spacial score (nSPS) is 11.4. The lowest BCUT2D eigenvalue weighted by molar-refractivity contribution is -0.116. The van der Waals surface area contributed by atoms with Crippen LogP contribution < -0.4 is 16.4 Å². The molecule has 0 bridgehead atoms. The molecule has 0 radical (unpaired) electrons. The largest absolute Gasteiger partial charge is 0.366 e. The van der Waals surface area contributed by atoms with E-state index in [2.05, 4.69) is 10.6 Å². The molecule has 3 amide bonds. The summed E-state index contributed by atoms with van der Waals surface area (Å²) in [4.78, 5) is 37.8. The smallest absolute Gasteiger partial charge is 0.248 e. The van der Waals surface area contributed by atoms with Gasteiger partial charge >= 0.3 is 0 Å². The molecule has 0 aliphatic carbocycles. The molecule has 4 N–H and O–H groups in total. The van der Waals surface area contributed by atoms with Crippen molar-refractivity contribution in [1.29, 1.82) is 0 Å². The number of benzene rings is 4. The van der Waals surface area contributed by atoms with Gasteiger partial charge in [0.15, 0.2) is 0 Å². The maximum Gasteiger partial charge on any atom is 0.248 e.